The molecule has 1 N–H and O–H groups in total. The van der Waals surface area contributed by atoms with Crippen molar-refractivity contribution < 1.29 is 9.53 Å². The van der Waals surface area contributed by atoms with Crippen molar-refractivity contribution in [3.8, 4) is 5.75 Å². The zero-order valence-electron chi connectivity index (χ0n) is 19.9. The Labute approximate surface area is 205 Å². The van der Waals surface area contributed by atoms with Gasteiger partial charge >= 0.3 is 0 Å². The number of aromatic nitrogens is 4. The van der Waals surface area contributed by atoms with Crippen LogP contribution < -0.4 is 10.1 Å². The first-order valence-electron chi connectivity index (χ1n) is 11.7. The molecule has 1 aromatic carbocycles. The zero-order valence-corrected chi connectivity index (χ0v) is 20.7. The fourth-order valence-corrected chi connectivity index (χ4v) is 4.45. The van der Waals surface area contributed by atoms with Crippen molar-refractivity contribution >= 4 is 29.0 Å². The van der Waals surface area contributed by atoms with E-state index < -0.39 is 0 Å². The van der Waals surface area contributed by atoms with E-state index in [-0.39, 0.29) is 5.78 Å². The van der Waals surface area contributed by atoms with Crippen molar-refractivity contribution in [3.63, 3.8) is 0 Å². The first-order chi connectivity index (χ1) is 16.5. The molecule has 3 heterocycles. The van der Waals surface area contributed by atoms with Crippen LogP contribution in [0.25, 0.3) is 0 Å². The fourth-order valence-electron chi connectivity index (χ4n) is 4.17. The molecular formula is C25H31ClN6O2. The third-order valence-electron chi connectivity index (χ3n) is 6.29. The number of halogens is 1. The minimum Gasteiger partial charge on any atom is -0.495 e. The molecule has 0 spiro atoms. The van der Waals surface area contributed by atoms with Crippen LogP contribution >= 0.6 is 11.6 Å². The molecule has 34 heavy (non-hydrogen) atoms. The number of hydrogen-bond donors (Lipinski definition) is 1. The van der Waals surface area contributed by atoms with Crippen molar-refractivity contribution in [2.24, 2.45) is 0 Å². The van der Waals surface area contributed by atoms with Gasteiger partial charge in [0.1, 0.15) is 5.75 Å². The van der Waals surface area contributed by atoms with E-state index in [1.165, 1.54) is 0 Å². The van der Waals surface area contributed by atoms with Crippen LogP contribution in [0.5, 0.6) is 5.75 Å². The summed E-state index contributed by atoms with van der Waals surface area (Å²) < 4.78 is 7.41. The van der Waals surface area contributed by atoms with Crippen molar-refractivity contribution in [1.82, 2.24) is 24.6 Å². The number of benzene rings is 1. The number of carbonyl (C=O) groups is 1. The van der Waals surface area contributed by atoms with E-state index in [2.05, 4.69) is 32.3 Å². The Hall–Kier alpha value is -2.97. The highest BCUT2D eigenvalue weighted by Crippen LogP contribution is 2.31. The molecule has 180 valence electrons. The quantitative estimate of drug-likeness (QED) is 0.441. The Morgan fingerprint density at radius 2 is 1.91 bits per heavy atom. The molecule has 1 fully saturated rings. The highest BCUT2D eigenvalue weighted by Gasteiger charge is 2.19. The van der Waals surface area contributed by atoms with Crippen LogP contribution in [0, 0.1) is 0 Å². The van der Waals surface area contributed by atoms with Crippen LogP contribution in [0.4, 0.5) is 11.6 Å². The van der Waals surface area contributed by atoms with Crippen molar-refractivity contribution in [2.75, 3.05) is 32.6 Å². The van der Waals surface area contributed by atoms with E-state index in [1.807, 2.05) is 42.5 Å². The first-order valence-corrected chi connectivity index (χ1v) is 12.0. The summed E-state index contributed by atoms with van der Waals surface area (Å²) in [6.07, 6.45) is 11.4. The van der Waals surface area contributed by atoms with E-state index in [0.29, 0.717) is 47.6 Å². The molecule has 3 aromatic rings. The average molecular weight is 483 g/mol. The highest BCUT2D eigenvalue weighted by molar-refractivity contribution is 6.33. The number of likely N-dealkylation sites (tertiary alicyclic amines) is 1. The van der Waals surface area contributed by atoms with Gasteiger partial charge in [-0.15, -0.1) is 0 Å². The van der Waals surface area contributed by atoms with Crippen LogP contribution in [0.3, 0.4) is 0 Å². The lowest BCUT2D eigenvalue weighted by molar-refractivity contribution is 0.0987. The van der Waals surface area contributed by atoms with Gasteiger partial charge in [0.25, 0.3) is 0 Å². The number of Topliss-reactive ketones (excluding diaryl/α,β-unsaturated/α-hetero) is 1. The van der Waals surface area contributed by atoms with Gasteiger partial charge in [-0.3, -0.25) is 9.48 Å². The lowest BCUT2D eigenvalue weighted by Gasteiger charge is -2.28. The molecule has 1 aliphatic rings. The summed E-state index contributed by atoms with van der Waals surface area (Å²) in [5.41, 5.74) is 3.36. The van der Waals surface area contributed by atoms with E-state index in [9.17, 15) is 4.79 Å². The normalized spacial score (nSPS) is 14.8. The molecule has 9 heteroatoms. The van der Waals surface area contributed by atoms with E-state index >= 15 is 0 Å². The average Bonchev–Trinajstić information content (AvgIpc) is 3.32. The van der Waals surface area contributed by atoms with Gasteiger partial charge in [-0.05, 0) is 69.1 Å². The molecule has 0 unspecified atom stereocenters. The fraction of sp³-hybridized carbons (Fsp3) is 0.440. The van der Waals surface area contributed by atoms with Gasteiger partial charge in [-0.2, -0.15) is 5.10 Å². The topological polar surface area (TPSA) is 85.2 Å². The largest absolute Gasteiger partial charge is 0.495 e. The Kier molecular flexibility index (Phi) is 7.80. The second kappa shape index (κ2) is 11.0. The number of aryl methyl sites for hydroxylation is 2. The van der Waals surface area contributed by atoms with Crippen LogP contribution in [-0.2, 0) is 12.8 Å². The summed E-state index contributed by atoms with van der Waals surface area (Å²) in [6, 6.07) is 4.00. The van der Waals surface area contributed by atoms with Crippen LogP contribution in [0.2, 0.25) is 5.02 Å². The highest BCUT2D eigenvalue weighted by atomic mass is 35.5. The van der Waals surface area contributed by atoms with Gasteiger partial charge < -0.3 is 15.0 Å². The lowest BCUT2D eigenvalue weighted by Crippen LogP contribution is -2.31. The molecule has 1 saturated heterocycles. The molecule has 1 aliphatic heterocycles. The number of nitrogens with zero attached hydrogens (tertiary/aromatic N) is 5. The number of piperidine rings is 1. The smallest absolute Gasteiger partial charge is 0.227 e. The number of ether oxygens (including phenoxy) is 1. The zero-order chi connectivity index (χ0) is 24.1. The van der Waals surface area contributed by atoms with Gasteiger partial charge in [0.2, 0.25) is 5.95 Å². The predicted octanol–water partition coefficient (Wildman–Crippen LogP) is 4.72. The van der Waals surface area contributed by atoms with Crippen molar-refractivity contribution in [2.45, 2.75) is 45.1 Å². The van der Waals surface area contributed by atoms with Gasteiger partial charge in [0.05, 0.1) is 30.1 Å². The third-order valence-corrected chi connectivity index (χ3v) is 6.71. The number of ketones is 1. The summed E-state index contributed by atoms with van der Waals surface area (Å²) in [4.78, 5) is 23.4. The predicted molar refractivity (Wildman–Crippen MR) is 133 cm³/mol. The minimum atomic E-state index is 0.0640. The Balaban J connectivity index is 1.37. The van der Waals surface area contributed by atoms with E-state index in [4.69, 9.17) is 16.3 Å². The van der Waals surface area contributed by atoms with Gasteiger partial charge in [-0.1, -0.05) is 18.5 Å². The summed E-state index contributed by atoms with van der Waals surface area (Å²) >= 11 is 6.49. The van der Waals surface area contributed by atoms with Crippen LogP contribution in [-0.4, -0.2) is 57.7 Å². The number of rotatable bonds is 9. The van der Waals surface area contributed by atoms with Gasteiger partial charge in [0, 0.05) is 30.6 Å². The monoisotopic (exact) mass is 482 g/mol. The SMILES string of the molecule is CCC(=O)c1cc(CCc2cnc(Nc3cnn(C4CCN(C)CC4)c3)nc2)c(Cl)c(OC)c1. The third kappa shape index (κ3) is 5.74. The standard InChI is InChI=1S/C25H31ClN6O2/c1-4-22(33)19-11-18(24(26)23(12-19)34-3)6-5-17-13-27-25(28-14-17)30-20-15-29-32(16-20)21-7-9-31(2)10-8-21/h11-16,21H,4-10H2,1-3H3,(H,27,28,30). The van der Waals surface area contributed by atoms with Crippen LogP contribution in [0.1, 0.15) is 53.7 Å². The maximum Gasteiger partial charge on any atom is 0.227 e. The number of methoxy groups -OCH3 is 1. The number of hydrogen-bond acceptors (Lipinski definition) is 7. The summed E-state index contributed by atoms with van der Waals surface area (Å²) in [5, 5.41) is 8.29. The second-order valence-electron chi connectivity index (χ2n) is 8.71. The molecule has 0 aliphatic carbocycles. The van der Waals surface area contributed by atoms with Crippen molar-refractivity contribution in [3.05, 3.63) is 58.6 Å². The van der Waals surface area contributed by atoms with E-state index in [0.717, 1.165) is 42.7 Å². The summed E-state index contributed by atoms with van der Waals surface area (Å²) in [6.45, 7) is 4.03. The molecule has 0 atom stereocenters. The first kappa shape index (κ1) is 24.2. The minimum absolute atomic E-state index is 0.0640. The molecule has 0 amide bonds. The molecular weight excluding hydrogens is 452 g/mol. The number of carbonyl (C=O) groups excluding carboxylic acids is 1. The maximum atomic E-state index is 12.2. The number of anilines is 2. The molecule has 2 aromatic heterocycles. The second-order valence-corrected chi connectivity index (χ2v) is 9.09. The Morgan fingerprint density at radius 3 is 2.59 bits per heavy atom. The Morgan fingerprint density at radius 1 is 1.18 bits per heavy atom. The molecule has 0 saturated carbocycles. The molecule has 8 nitrogen and oxygen atoms in total. The molecule has 4 rings (SSSR count). The van der Waals surface area contributed by atoms with E-state index in [1.54, 1.807) is 13.2 Å². The number of nitrogens with one attached hydrogen (secondary N) is 1. The van der Waals surface area contributed by atoms with Crippen molar-refractivity contribution in [1.29, 1.82) is 0 Å². The van der Waals surface area contributed by atoms with Gasteiger partial charge in [0.15, 0.2) is 5.78 Å². The lowest BCUT2D eigenvalue weighted by atomic mass is 10.0. The maximum absolute atomic E-state index is 12.2. The van der Waals surface area contributed by atoms with Gasteiger partial charge in [-0.25, -0.2) is 9.97 Å². The summed E-state index contributed by atoms with van der Waals surface area (Å²) in [5.74, 6) is 1.11. The molecule has 0 bridgehead atoms. The Bertz CT molecular complexity index is 1120. The van der Waals surface area contributed by atoms with Crippen LogP contribution in [0.15, 0.2) is 36.9 Å². The molecule has 0 radical (unpaired) electrons. The summed E-state index contributed by atoms with van der Waals surface area (Å²) in [7, 11) is 3.71.